The van der Waals surface area contributed by atoms with Gasteiger partial charge >= 0.3 is 6.03 Å². The van der Waals surface area contributed by atoms with E-state index in [4.69, 9.17) is 9.60 Å². The number of amides is 1. The van der Waals surface area contributed by atoms with Crippen molar-refractivity contribution in [2.24, 2.45) is 0 Å². The Labute approximate surface area is 114 Å². The average molecular weight is 283 g/mol. The predicted octanol–water partition coefficient (Wildman–Crippen LogP) is 0.482. The van der Waals surface area contributed by atoms with Gasteiger partial charge in [-0.05, 0) is 0 Å². The number of nitriles is 1. The fourth-order valence-corrected chi connectivity index (χ4v) is 2.12. The highest BCUT2D eigenvalue weighted by atomic mass is 32.2. The van der Waals surface area contributed by atoms with Crippen LogP contribution in [-0.2, 0) is 9.22 Å². The monoisotopic (exact) mass is 283 g/mol. The fraction of sp³-hybridized carbons (Fsp3) is 0.500. The molecule has 0 unspecified atom stereocenters. The molecule has 1 aliphatic rings. The van der Waals surface area contributed by atoms with E-state index in [1.165, 1.54) is 24.2 Å². The molecule has 0 radical (unpaired) electrons. The molecule has 1 aliphatic heterocycles. The third kappa shape index (κ3) is 3.45. The standard InChI is InChI=1S/C10H13N5O3S/c1-17-18-19-14-4-2-13(3-5-14)10(16)15-8-9(6-11)7-12-15/h7-8H,2-5H2,1H3. The van der Waals surface area contributed by atoms with Gasteiger partial charge in [-0.25, -0.2) is 14.0 Å². The Morgan fingerprint density at radius 3 is 2.79 bits per heavy atom. The first-order valence-corrected chi connectivity index (χ1v) is 6.31. The van der Waals surface area contributed by atoms with Crippen LogP contribution >= 0.6 is 12.2 Å². The van der Waals surface area contributed by atoms with Crippen molar-refractivity contribution >= 4 is 18.3 Å². The van der Waals surface area contributed by atoms with Gasteiger partial charge < -0.3 is 4.90 Å². The van der Waals surface area contributed by atoms with Crippen LogP contribution in [0, 0.1) is 11.3 Å². The van der Waals surface area contributed by atoms with Crippen molar-refractivity contribution in [2.45, 2.75) is 0 Å². The molecule has 1 aromatic heterocycles. The molecule has 0 aromatic carbocycles. The maximum atomic E-state index is 12.1. The normalized spacial score (nSPS) is 16.3. The van der Waals surface area contributed by atoms with Gasteiger partial charge in [0.1, 0.15) is 18.3 Å². The lowest BCUT2D eigenvalue weighted by molar-refractivity contribution is -0.163. The van der Waals surface area contributed by atoms with Crippen LogP contribution in [0.3, 0.4) is 0 Å². The van der Waals surface area contributed by atoms with Crippen molar-refractivity contribution in [3.05, 3.63) is 18.0 Å². The highest BCUT2D eigenvalue weighted by Gasteiger charge is 2.23. The maximum absolute atomic E-state index is 12.1. The van der Waals surface area contributed by atoms with E-state index < -0.39 is 0 Å². The van der Waals surface area contributed by atoms with Crippen LogP contribution in [0.25, 0.3) is 0 Å². The molecule has 0 saturated carbocycles. The van der Waals surface area contributed by atoms with E-state index in [2.05, 4.69) is 9.99 Å². The summed E-state index contributed by atoms with van der Waals surface area (Å²) in [7, 11) is 1.44. The van der Waals surface area contributed by atoms with Crippen molar-refractivity contribution in [2.75, 3.05) is 33.3 Å². The highest BCUT2D eigenvalue weighted by molar-refractivity contribution is 7.92. The van der Waals surface area contributed by atoms with Crippen molar-refractivity contribution in [1.29, 1.82) is 5.26 Å². The largest absolute Gasteiger partial charge is 0.344 e. The zero-order chi connectivity index (χ0) is 13.7. The Hall–Kier alpha value is -1.60. The minimum atomic E-state index is -0.223. The number of hydrogen-bond donors (Lipinski definition) is 0. The minimum absolute atomic E-state index is 0.223. The third-order valence-corrected chi connectivity index (χ3v) is 3.39. The SMILES string of the molecule is COOSN1CCN(C(=O)n2cc(C#N)cn2)CC1. The Morgan fingerprint density at radius 2 is 2.21 bits per heavy atom. The summed E-state index contributed by atoms with van der Waals surface area (Å²) in [6.45, 7) is 2.49. The van der Waals surface area contributed by atoms with Crippen molar-refractivity contribution in [1.82, 2.24) is 19.0 Å². The van der Waals surface area contributed by atoms with Crippen LogP contribution in [0.5, 0.6) is 0 Å². The second kappa shape index (κ2) is 6.53. The van der Waals surface area contributed by atoms with Gasteiger partial charge in [0.05, 0.1) is 25.1 Å². The van der Waals surface area contributed by atoms with E-state index in [-0.39, 0.29) is 6.03 Å². The molecule has 0 atom stereocenters. The van der Waals surface area contributed by atoms with E-state index in [9.17, 15) is 4.79 Å². The topological polar surface area (TPSA) is 83.6 Å². The number of nitrogens with zero attached hydrogens (tertiary/aromatic N) is 5. The molecular weight excluding hydrogens is 270 g/mol. The van der Waals surface area contributed by atoms with Gasteiger partial charge in [-0.1, -0.05) is 0 Å². The van der Waals surface area contributed by atoms with Crippen LogP contribution < -0.4 is 0 Å². The van der Waals surface area contributed by atoms with E-state index in [1.54, 1.807) is 4.90 Å². The van der Waals surface area contributed by atoms with Crippen molar-refractivity contribution < 1.29 is 14.0 Å². The minimum Gasteiger partial charge on any atom is -0.320 e. The number of aromatic nitrogens is 2. The molecule has 102 valence electrons. The van der Waals surface area contributed by atoms with Crippen LogP contribution in [0.1, 0.15) is 5.56 Å². The molecule has 1 amide bonds. The lowest BCUT2D eigenvalue weighted by Gasteiger charge is -2.32. The summed E-state index contributed by atoms with van der Waals surface area (Å²) in [6, 6.07) is 1.72. The zero-order valence-electron chi connectivity index (χ0n) is 10.4. The molecule has 2 rings (SSSR count). The number of carbonyl (C=O) groups is 1. The molecule has 9 heteroatoms. The zero-order valence-corrected chi connectivity index (χ0v) is 11.2. The van der Waals surface area contributed by atoms with Gasteiger partial charge in [-0.2, -0.15) is 15.0 Å². The van der Waals surface area contributed by atoms with Crippen molar-refractivity contribution in [3.63, 3.8) is 0 Å². The number of hydrogen-bond acceptors (Lipinski definition) is 7. The molecule has 1 fully saturated rings. The van der Waals surface area contributed by atoms with Crippen LogP contribution in [0.15, 0.2) is 12.4 Å². The van der Waals surface area contributed by atoms with Crippen LogP contribution in [0.2, 0.25) is 0 Å². The lowest BCUT2D eigenvalue weighted by Crippen LogP contribution is -2.47. The van der Waals surface area contributed by atoms with E-state index >= 15 is 0 Å². The summed E-state index contributed by atoms with van der Waals surface area (Å²) < 4.78 is 7.90. The van der Waals surface area contributed by atoms with Crippen LogP contribution in [-0.4, -0.2) is 58.3 Å². The van der Waals surface area contributed by atoms with Gasteiger partial charge in [0, 0.05) is 26.2 Å². The number of piperazine rings is 1. The Kier molecular flexibility index (Phi) is 4.75. The molecule has 0 N–H and O–H groups in total. The van der Waals surface area contributed by atoms with Gasteiger partial charge in [-0.15, -0.1) is 4.33 Å². The Morgan fingerprint density at radius 1 is 1.47 bits per heavy atom. The summed E-state index contributed by atoms with van der Waals surface area (Å²) in [5.41, 5.74) is 0.371. The van der Waals surface area contributed by atoms with E-state index in [1.807, 2.05) is 10.4 Å². The van der Waals surface area contributed by atoms with E-state index in [0.717, 1.165) is 12.2 Å². The highest BCUT2D eigenvalue weighted by Crippen LogP contribution is 2.15. The number of carbonyl (C=O) groups excluding carboxylic acids is 1. The first-order chi connectivity index (χ1) is 9.24. The molecule has 0 bridgehead atoms. The molecule has 0 aliphatic carbocycles. The fourth-order valence-electron chi connectivity index (χ4n) is 1.66. The lowest BCUT2D eigenvalue weighted by atomic mass is 10.4. The summed E-state index contributed by atoms with van der Waals surface area (Å²) in [5, 5.41) is 12.6. The molecule has 8 nitrogen and oxygen atoms in total. The van der Waals surface area contributed by atoms with Gasteiger partial charge in [-0.3, -0.25) is 0 Å². The average Bonchev–Trinajstić information content (AvgIpc) is 2.94. The predicted molar refractivity (Wildman–Crippen MR) is 66.6 cm³/mol. The van der Waals surface area contributed by atoms with Crippen molar-refractivity contribution in [3.8, 4) is 6.07 Å². The smallest absolute Gasteiger partial charge is 0.320 e. The molecule has 2 heterocycles. The van der Waals surface area contributed by atoms with Gasteiger partial charge in [0.25, 0.3) is 0 Å². The maximum Gasteiger partial charge on any atom is 0.344 e. The molecule has 1 saturated heterocycles. The Bertz CT molecular complexity index is 478. The first-order valence-electron chi connectivity index (χ1n) is 5.61. The molecule has 0 spiro atoms. The second-order valence-electron chi connectivity index (χ2n) is 3.79. The van der Waals surface area contributed by atoms with Gasteiger partial charge in [0.15, 0.2) is 0 Å². The second-order valence-corrected chi connectivity index (χ2v) is 4.59. The summed E-state index contributed by atoms with van der Waals surface area (Å²) >= 11 is 1.12. The summed E-state index contributed by atoms with van der Waals surface area (Å²) in [4.78, 5) is 18.3. The van der Waals surface area contributed by atoms with Gasteiger partial charge in [0.2, 0.25) is 0 Å². The van der Waals surface area contributed by atoms with E-state index in [0.29, 0.717) is 31.7 Å². The molecule has 19 heavy (non-hydrogen) atoms. The summed E-state index contributed by atoms with van der Waals surface area (Å²) in [6.07, 6.45) is 2.80. The van der Waals surface area contributed by atoms with Crippen LogP contribution in [0.4, 0.5) is 4.79 Å². The first kappa shape index (κ1) is 13.8. The molecule has 1 aromatic rings. The third-order valence-electron chi connectivity index (χ3n) is 2.62. The summed E-state index contributed by atoms with van der Waals surface area (Å²) in [5.74, 6) is 0. The number of rotatable bonds is 3. The molecular formula is C10H13N5O3S. The Balaban J connectivity index is 1.87. The quantitative estimate of drug-likeness (QED) is 0.345.